The Bertz CT molecular complexity index is 424. The first kappa shape index (κ1) is 17.3. The van der Waals surface area contributed by atoms with Gasteiger partial charge in [0.2, 0.25) is 5.91 Å². The number of amides is 1. The molecule has 1 aromatic carbocycles. The summed E-state index contributed by atoms with van der Waals surface area (Å²) in [7, 11) is 0. The smallest absolute Gasteiger partial charge is 0.220 e. The molecule has 21 heavy (non-hydrogen) atoms. The van der Waals surface area contributed by atoms with E-state index in [0.717, 1.165) is 11.5 Å². The quantitative estimate of drug-likeness (QED) is 0.684. The number of carbonyl (C=O) groups excluding carboxylic acids is 1. The third-order valence-corrected chi connectivity index (χ3v) is 2.69. The lowest BCUT2D eigenvalue weighted by molar-refractivity contribution is -0.121. The number of ether oxygens (including phenoxy) is 2. The van der Waals surface area contributed by atoms with Gasteiger partial charge in [0.1, 0.15) is 11.5 Å². The lowest BCUT2D eigenvalue weighted by Crippen LogP contribution is -2.45. The summed E-state index contributed by atoms with van der Waals surface area (Å²) in [5.74, 6) is 1.61. The summed E-state index contributed by atoms with van der Waals surface area (Å²) in [4.78, 5) is 11.6. The number of hydrogen-bond donors (Lipinski definition) is 2. The molecule has 0 spiro atoms. The standard InChI is InChI=1S/C16H26N2O3/c1-4-20-13-7-9-14(10-8-13)21-11-5-6-15(19)18-12-16(2,3)17/h7-10H,4-6,11-12,17H2,1-3H3,(H,18,19). The van der Waals surface area contributed by atoms with Gasteiger partial charge in [-0.05, 0) is 51.5 Å². The van der Waals surface area contributed by atoms with Crippen molar-refractivity contribution in [1.29, 1.82) is 0 Å². The summed E-state index contributed by atoms with van der Waals surface area (Å²) >= 11 is 0. The molecule has 0 saturated carbocycles. The molecule has 0 saturated heterocycles. The maximum absolute atomic E-state index is 11.6. The van der Waals surface area contributed by atoms with Crippen LogP contribution in [-0.2, 0) is 4.79 Å². The van der Waals surface area contributed by atoms with E-state index in [0.29, 0.717) is 32.6 Å². The molecule has 0 bridgehead atoms. The van der Waals surface area contributed by atoms with Crippen molar-refractivity contribution in [2.24, 2.45) is 5.73 Å². The average Bonchev–Trinajstić information content (AvgIpc) is 2.43. The maximum atomic E-state index is 11.6. The minimum absolute atomic E-state index is 0.00354. The molecule has 118 valence electrons. The maximum Gasteiger partial charge on any atom is 0.220 e. The summed E-state index contributed by atoms with van der Waals surface area (Å²) in [6, 6.07) is 7.47. The summed E-state index contributed by atoms with van der Waals surface area (Å²) in [5.41, 5.74) is 5.42. The summed E-state index contributed by atoms with van der Waals surface area (Å²) in [6.07, 6.45) is 1.11. The van der Waals surface area contributed by atoms with E-state index in [4.69, 9.17) is 15.2 Å². The van der Waals surface area contributed by atoms with Crippen molar-refractivity contribution >= 4 is 5.91 Å². The Kier molecular flexibility index (Phi) is 7.02. The van der Waals surface area contributed by atoms with Crippen molar-refractivity contribution in [2.75, 3.05) is 19.8 Å². The van der Waals surface area contributed by atoms with Crippen LogP contribution < -0.4 is 20.5 Å². The van der Waals surface area contributed by atoms with E-state index in [1.807, 2.05) is 45.0 Å². The SMILES string of the molecule is CCOc1ccc(OCCCC(=O)NCC(C)(C)N)cc1. The van der Waals surface area contributed by atoms with E-state index in [1.165, 1.54) is 0 Å². The number of benzene rings is 1. The second kappa shape index (κ2) is 8.52. The minimum atomic E-state index is -0.380. The molecule has 0 unspecified atom stereocenters. The van der Waals surface area contributed by atoms with Crippen LogP contribution in [0.4, 0.5) is 0 Å². The fourth-order valence-corrected chi connectivity index (χ4v) is 1.64. The topological polar surface area (TPSA) is 73.6 Å². The number of hydrogen-bond acceptors (Lipinski definition) is 4. The zero-order valence-corrected chi connectivity index (χ0v) is 13.1. The van der Waals surface area contributed by atoms with Crippen LogP contribution in [0.2, 0.25) is 0 Å². The molecule has 5 heteroatoms. The normalized spacial score (nSPS) is 11.0. The van der Waals surface area contributed by atoms with Crippen LogP contribution in [0.5, 0.6) is 11.5 Å². The van der Waals surface area contributed by atoms with Crippen molar-refractivity contribution in [1.82, 2.24) is 5.32 Å². The van der Waals surface area contributed by atoms with Gasteiger partial charge in [-0.1, -0.05) is 0 Å². The molecular weight excluding hydrogens is 268 g/mol. The number of carbonyl (C=O) groups is 1. The minimum Gasteiger partial charge on any atom is -0.494 e. The highest BCUT2D eigenvalue weighted by atomic mass is 16.5. The Hall–Kier alpha value is -1.75. The van der Waals surface area contributed by atoms with Gasteiger partial charge in [-0.25, -0.2) is 0 Å². The summed E-state index contributed by atoms with van der Waals surface area (Å²) in [6.45, 7) is 7.33. The molecule has 0 aliphatic rings. The van der Waals surface area contributed by atoms with Crippen LogP contribution in [0.15, 0.2) is 24.3 Å². The van der Waals surface area contributed by atoms with Gasteiger partial charge >= 0.3 is 0 Å². The zero-order valence-electron chi connectivity index (χ0n) is 13.1. The average molecular weight is 294 g/mol. The molecule has 3 N–H and O–H groups in total. The lowest BCUT2D eigenvalue weighted by Gasteiger charge is -2.18. The highest BCUT2D eigenvalue weighted by Crippen LogP contribution is 2.17. The second-order valence-corrected chi connectivity index (χ2v) is 5.62. The van der Waals surface area contributed by atoms with Crippen LogP contribution in [0.25, 0.3) is 0 Å². The molecular formula is C16H26N2O3. The van der Waals surface area contributed by atoms with Crippen LogP contribution in [0.3, 0.4) is 0 Å². The van der Waals surface area contributed by atoms with E-state index in [1.54, 1.807) is 0 Å². The Morgan fingerprint density at radius 1 is 1.19 bits per heavy atom. The Morgan fingerprint density at radius 3 is 2.29 bits per heavy atom. The van der Waals surface area contributed by atoms with Gasteiger partial charge in [0.15, 0.2) is 0 Å². The van der Waals surface area contributed by atoms with Gasteiger partial charge in [0.05, 0.1) is 13.2 Å². The van der Waals surface area contributed by atoms with E-state index >= 15 is 0 Å². The first-order valence-electron chi connectivity index (χ1n) is 7.32. The summed E-state index contributed by atoms with van der Waals surface area (Å²) in [5, 5.41) is 2.81. The Morgan fingerprint density at radius 2 is 1.76 bits per heavy atom. The molecule has 1 aromatic rings. The zero-order chi connectivity index (χ0) is 15.7. The molecule has 0 heterocycles. The van der Waals surface area contributed by atoms with Crippen LogP contribution >= 0.6 is 0 Å². The van der Waals surface area contributed by atoms with Crippen molar-refractivity contribution in [3.8, 4) is 11.5 Å². The second-order valence-electron chi connectivity index (χ2n) is 5.62. The molecule has 0 aliphatic heterocycles. The van der Waals surface area contributed by atoms with Crippen LogP contribution in [0.1, 0.15) is 33.6 Å². The van der Waals surface area contributed by atoms with E-state index in [2.05, 4.69) is 5.32 Å². The van der Waals surface area contributed by atoms with Gasteiger partial charge in [-0.15, -0.1) is 0 Å². The number of nitrogens with two attached hydrogens (primary N) is 1. The predicted octanol–water partition coefficient (Wildman–Crippen LogP) is 2.10. The van der Waals surface area contributed by atoms with Gasteiger partial charge in [-0.2, -0.15) is 0 Å². The highest BCUT2D eigenvalue weighted by molar-refractivity contribution is 5.75. The third kappa shape index (κ3) is 8.19. The molecule has 0 radical (unpaired) electrons. The largest absolute Gasteiger partial charge is 0.494 e. The van der Waals surface area contributed by atoms with E-state index in [9.17, 15) is 4.79 Å². The first-order valence-corrected chi connectivity index (χ1v) is 7.32. The number of rotatable bonds is 9. The van der Waals surface area contributed by atoms with Crippen molar-refractivity contribution in [2.45, 2.75) is 39.2 Å². The fraction of sp³-hybridized carbons (Fsp3) is 0.562. The highest BCUT2D eigenvalue weighted by Gasteiger charge is 2.11. The van der Waals surface area contributed by atoms with Crippen molar-refractivity contribution < 1.29 is 14.3 Å². The third-order valence-electron chi connectivity index (χ3n) is 2.69. The molecule has 0 fully saturated rings. The van der Waals surface area contributed by atoms with E-state index < -0.39 is 0 Å². The first-order chi connectivity index (χ1) is 9.90. The van der Waals surface area contributed by atoms with Gasteiger partial charge in [-0.3, -0.25) is 4.79 Å². The van der Waals surface area contributed by atoms with Crippen molar-refractivity contribution in [3.05, 3.63) is 24.3 Å². The summed E-state index contributed by atoms with van der Waals surface area (Å²) < 4.78 is 10.9. The molecule has 0 atom stereocenters. The molecule has 0 aliphatic carbocycles. The molecule has 1 rings (SSSR count). The Balaban J connectivity index is 2.17. The lowest BCUT2D eigenvalue weighted by atomic mass is 10.1. The monoisotopic (exact) mass is 294 g/mol. The predicted molar refractivity (Wildman–Crippen MR) is 83.6 cm³/mol. The molecule has 0 aromatic heterocycles. The van der Waals surface area contributed by atoms with Gasteiger partial charge in [0, 0.05) is 18.5 Å². The van der Waals surface area contributed by atoms with Crippen molar-refractivity contribution in [3.63, 3.8) is 0 Å². The fourth-order valence-electron chi connectivity index (χ4n) is 1.64. The molecule has 5 nitrogen and oxygen atoms in total. The van der Waals surface area contributed by atoms with Crippen LogP contribution in [0, 0.1) is 0 Å². The number of nitrogens with one attached hydrogen (secondary N) is 1. The van der Waals surface area contributed by atoms with Gasteiger partial charge in [0.25, 0.3) is 0 Å². The van der Waals surface area contributed by atoms with E-state index in [-0.39, 0.29) is 11.4 Å². The Labute approximate surface area is 126 Å². The molecule has 1 amide bonds. The van der Waals surface area contributed by atoms with Crippen LogP contribution in [-0.4, -0.2) is 31.2 Å². The van der Waals surface area contributed by atoms with Gasteiger partial charge < -0.3 is 20.5 Å².